The molecule has 100 valence electrons. The summed E-state index contributed by atoms with van der Waals surface area (Å²) < 4.78 is 0. The lowest BCUT2D eigenvalue weighted by Crippen LogP contribution is -2.38. The molecule has 4 nitrogen and oxygen atoms in total. The number of likely N-dealkylation sites (tertiary alicyclic amines) is 1. The SMILES string of the molecule is CC1CN(C(=O)C2Cc3ccccc32)CC1C(=O)O. The Morgan fingerprint density at radius 2 is 2.00 bits per heavy atom. The summed E-state index contributed by atoms with van der Waals surface area (Å²) in [4.78, 5) is 25.3. The van der Waals surface area contributed by atoms with Crippen LogP contribution in [0.1, 0.15) is 24.0 Å². The molecule has 3 unspecified atom stereocenters. The Hall–Kier alpha value is -1.84. The van der Waals surface area contributed by atoms with Crippen LogP contribution in [0.5, 0.6) is 0 Å². The van der Waals surface area contributed by atoms with Gasteiger partial charge in [0.25, 0.3) is 0 Å². The van der Waals surface area contributed by atoms with Gasteiger partial charge in [0.2, 0.25) is 5.91 Å². The van der Waals surface area contributed by atoms with E-state index >= 15 is 0 Å². The number of aliphatic carboxylic acids is 1. The lowest BCUT2D eigenvalue weighted by Gasteiger charge is -2.32. The number of carbonyl (C=O) groups is 2. The molecule has 4 heteroatoms. The normalized spacial score (nSPS) is 28.7. The molecule has 1 saturated heterocycles. The first-order chi connectivity index (χ1) is 9.08. The van der Waals surface area contributed by atoms with Crippen LogP contribution in [0.4, 0.5) is 0 Å². The second-order valence-electron chi connectivity index (χ2n) is 5.62. The Bertz CT molecular complexity index is 540. The lowest BCUT2D eigenvalue weighted by atomic mass is 9.77. The van der Waals surface area contributed by atoms with Crippen LogP contribution in [0.15, 0.2) is 24.3 Å². The minimum absolute atomic E-state index is 0.0387. The van der Waals surface area contributed by atoms with E-state index in [4.69, 9.17) is 5.11 Å². The van der Waals surface area contributed by atoms with Gasteiger partial charge in [0.15, 0.2) is 0 Å². The van der Waals surface area contributed by atoms with E-state index < -0.39 is 11.9 Å². The van der Waals surface area contributed by atoms with Crippen LogP contribution in [0.25, 0.3) is 0 Å². The fourth-order valence-electron chi connectivity index (χ4n) is 3.17. The topological polar surface area (TPSA) is 57.6 Å². The van der Waals surface area contributed by atoms with Gasteiger partial charge in [-0.05, 0) is 23.5 Å². The van der Waals surface area contributed by atoms with Crippen molar-refractivity contribution in [3.63, 3.8) is 0 Å². The van der Waals surface area contributed by atoms with Crippen molar-refractivity contribution in [2.24, 2.45) is 11.8 Å². The van der Waals surface area contributed by atoms with Crippen molar-refractivity contribution >= 4 is 11.9 Å². The summed E-state index contributed by atoms with van der Waals surface area (Å²) in [7, 11) is 0. The van der Waals surface area contributed by atoms with Crippen molar-refractivity contribution in [1.82, 2.24) is 4.90 Å². The van der Waals surface area contributed by atoms with Crippen LogP contribution in [0.2, 0.25) is 0 Å². The van der Waals surface area contributed by atoms with Gasteiger partial charge < -0.3 is 10.0 Å². The molecule has 1 amide bonds. The van der Waals surface area contributed by atoms with Crippen LogP contribution in [0, 0.1) is 11.8 Å². The van der Waals surface area contributed by atoms with E-state index in [0.29, 0.717) is 13.1 Å². The van der Waals surface area contributed by atoms with Gasteiger partial charge in [-0.15, -0.1) is 0 Å². The minimum Gasteiger partial charge on any atom is -0.481 e. The molecule has 1 fully saturated rings. The number of carbonyl (C=O) groups excluding carboxylic acids is 1. The van der Waals surface area contributed by atoms with Crippen molar-refractivity contribution in [1.29, 1.82) is 0 Å². The van der Waals surface area contributed by atoms with E-state index in [9.17, 15) is 9.59 Å². The molecule has 19 heavy (non-hydrogen) atoms. The Morgan fingerprint density at radius 1 is 1.26 bits per heavy atom. The first-order valence-electron chi connectivity index (χ1n) is 6.67. The number of carboxylic acids is 1. The van der Waals surface area contributed by atoms with Gasteiger partial charge in [0.05, 0.1) is 11.8 Å². The van der Waals surface area contributed by atoms with E-state index in [1.54, 1.807) is 4.90 Å². The molecule has 1 aromatic carbocycles. The van der Waals surface area contributed by atoms with Crippen molar-refractivity contribution in [3.8, 4) is 0 Å². The van der Waals surface area contributed by atoms with Crippen LogP contribution in [0.3, 0.4) is 0 Å². The molecule has 1 aliphatic heterocycles. The summed E-state index contributed by atoms with van der Waals surface area (Å²) in [6.07, 6.45) is 0.789. The molecule has 1 heterocycles. The highest BCUT2D eigenvalue weighted by atomic mass is 16.4. The molecule has 2 aliphatic rings. The van der Waals surface area contributed by atoms with Crippen molar-refractivity contribution in [3.05, 3.63) is 35.4 Å². The number of carboxylic acid groups (broad SMARTS) is 1. The largest absolute Gasteiger partial charge is 0.481 e. The van der Waals surface area contributed by atoms with Gasteiger partial charge in [-0.1, -0.05) is 31.2 Å². The third-order valence-corrected chi connectivity index (χ3v) is 4.39. The second kappa shape index (κ2) is 4.37. The highest BCUT2D eigenvalue weighted by Gasteiger charge is 2.41. The van der Waals surface area contributed by atoms with Gasteiger partial charge in [-0.2, -0.15) is 0 Å². The third-order valence-electron chi connectivity index (χ3n) is 4.39. The molecule has 3 rings (SSSR count). The smallest absolute Gasteiger partial charge is 0.308 e. The van der Waals surface area contributed by atoms with Crippen molar-refractivity contribution < 1.29 is 14.7 Å². The zero-order chi connectivity index (χ0) is 13.6. The van der Waals surface area contributed by atoms with E-state index in [0.717, 1.165) is 12.0 Å². The number of nitrogens with zero attached hydrogens (tertiary/aromatic N) is 1. The lowest BCUT2D eigenvalue weighted by molar-refractivity contribution is -0.142. The summed E-state index contributed by atoms with van der Waals surface area (Å²) >= 11 is 0. The third kappa shape index (κ3) is 1.91. The zero-order valence-corrected chi connectivity index (χ0v) is 10.9. The van der Waals surface area contributed by atoms with Crippen LogP contribution in [-0.2, 0) is 16.0 Å². The Morgan fingerprint density at radius 3 is 2.63 bits per heavy atom. The molecule has 0 saturated carbocycles. The van der Waals surface area contributed by atoms with Gasteiger partial charge in [0.1, 0.15) is 0 Å². The molecule has 0 radical (unpaired) electrons. The van der Waals surface area contributed by atoms with Gasteiger partial charge in [-0.25, -0.2) is 0 Å². The summed E-state index contributed by atoms with van der Waals surface area (Å²) in [5.41, 5.74) is 2.35. The molecular formula is C15H17NO3. The van der Waals surface area contributed by atoms with Gasteiger partial charge >= 0.3 is 5.97 Å². The summed E-state index contributed by atoms with van der Waals surface area (Å²) in [6.45, 7) is 2.82. The summed E-state index contributed by atoms with van der Waals surface area (Å²) in [5.74, 6) is -1.14. The first-order valence-corrected chi connectivity index (χ1v) is 6.67. The molecule has 0 bridgehead atoms. The minimum atomic E-state index is -0.795. The maximum Gasteiger partial charge on any atom is 0.308 e. The molecular weight excluding hydrogens is 242 g/mol. The van der Waals surface area contributed by atoms with E-state index in [1.165, 1.54) is 5.56 Å². The number of hydrogen-bond donors (Lipinski definition) is 1. The maximum absolute atomic E-state index is 12.4. The Balaban J connectivity index is 1.72. The molecule has 0 aromatic heterocycles. The average Bonchev–Trinajstić information content (AvgIpc) is 2.73. The Kier molecular flexibility index (Phi) is 2.81. The van der Waals surface area contributed by atoms with E-state index in [-0.39, 0.29) is 17.7 Å². The van der Waals surface area contributed by atoms with Gasteiger partial charge in [-0.3, -0.25) is 9.59 Å². The molecule has 1 aromatic rings. The number of fused-ring (bicyclic) bond motifs is 1. The Labute approximate surface area is 112 Å². The average molecular weight is 259 g/mol. The van der Waals surface area contributed by atoms with Crippen LogP contribution >= 0.6 is 0 Å². The monoisotopic (exact) mass is 259 g/mol. The van der Waals surface area contributed by atoms with Crippen LogP contribution < -0.4 is 0 Å². The molecule has 1 N–H and O–H groups in total. The zero-order valence-electron chi connectivity index (χ0n) is 10.9. The highest BCUT2D eigenvalue weighted by molar-refractivity contribution is 5.88. The van der Waals surface area contributed by atoms with Crippen molar-refractivity contribution in [2.75, 3.05) is 13.1 Å². The van der Waals surface area contributed by atoms with E-state index in [1.807, 2.05) is 31.2 Å². The fourth-order valence-corrected chi connectivity index (χ4v) is 3.17. The predicted octanol–water partition coefficient (Wildman–Crippen LogP) is 1.51. The van der Waals surface area contributed by atoms with Crippen molar-refractivity contribution in [2.45, 2.75) is 19.3 Å². The standard InChI is InChI=1S/C15H17NO3/c1-9-7-16(8-13(9)15(18)19)14(17)12-6-10-4-2-3-5-11(10)12/h2-5,9,12-13H,6-8H2,1H3,(H,18,19). The quantitative estimate of drug-likeness (QED) is 0.875. The number of benzene rings is 1. The predicted molar refractivity (Wildman–Crippen MR) is 69.8 cm³/mol. The fraction of sp³-hybridized carbons (Fsp3) is 0.467. The number of amides is 1. The molecule has 1 aliphatic carbocycles. The second-order valence-corrected chi connectivity index (χ2v) is 5.62. The first kappa shape index (κ1) is 12.2. The van der Waals surface area contributed by atoms with E-state index in [2.05, 4.69) is 0 Å². The maximum atomic E-state index is 12.4. The van der Waals surface area contributed by atoms with Crippen LogP contribution in [-0.4, -0.2) is 35.0 Å². The number of rotatable bonds is 2. The van der Waals surface area contributed by atoms with Gasteiger partial charge in [0, 0.05) is 13.1 Å². The summed E-state index contributed by atoms with van der Waals surface area (Å²) in [5, 5.41) is 9.11. The summed E-state index contributed by atoms with van der Waals surface area (Å²) in [6, 6.07) is 7.98. The number of hydrogen-bond acceptors (Lipinski definition) is 2. The molecule has 0 spiro atoms. The molecule has 3 atom stereocenters. The highest BCUT2D eigenvalue weighted by Crippen LogP contribution is 2.37.